The van der Waals surface area contributed by atoms with Crippen LogP contribution in [-0.4, -0.2) is 18.7 Å². The molecule has 2 aromatic carbocycles. The summed E-state index contributed by atoms with van der Waals surface area (Å²) in [5, 5.41) is 5.84. The molecule has 1 amide bonds. The quantitative estimate of drug-likeness (QED) is 0.547. The Labute approximate surface area is 144 Å². The van der Waals surface area contributed by atoms with Gasteiger partial charge >= 0.3 is 0 Å². The van der Waals surface area contributed by atoms with Crippen LogP contribution in [0.25, 0.3) is 11.1 Å². The van der Waals surface area contributed by atoms with Crippen molar-refractivity contribution in [2.75, 3.05) is 6.61 Å². The van der Waals surface area contributed by atoms with E-state index in [1.807, 2.05) is 60.0 Å². The molecular weight excluding hydrogens is 320 g/mol. The highest BCUT2D eigenvalue weighted by Crippen LogP contribution is 2.21. The second-order valence-electron chi connectivity index (χ2n) is 4.99. The minimum absolute atomic E-state index is 0.0769. The Morgan fingerprint density at radius 3 is 2.46 bits per heavy atom. The number of amides is 1. The summed E-state index contributed by atoms with van der Waals surface area (Å²) in [6, 6.07) is 21.6. The van der Waals surface area contributed by atoms with Crippen LogP contribution in [0.4, 0.5) is 0 Å². The van der Waals surface area contributed by atoms with E-state index >= 15 is 0 Å². The minimum Gasteiger partial charge on any atom is -0.484 e. The number of nitrogens with zero attached hydrogens (tertiary/aromatic N) is 1. The number of ether oxygens (including phenoxy) is 1. The van der Waals surface area contributed by atoms with Gasteiger partial charge in [0.05, 0.1) is 6.21 Å². The van der Waals surface area contributed by atoms with Gasteiger partial charge in [-0.3, -0.25) is 4.79 Å². The summed E-state index contributed by atoms with van der Waals surface area (Å²) in [5.41, 5.74) is 4.69. The monoisotopic (exact) mass is 336 g/mol. The minimum atomic E-state index is -0.296. The molecule has 0 aliphatic carbocycles. The first-order valence-electron chi connectivity index (χ1n) is 7.45. The van der Waals surface area contributed by atoms with Crippen LogP contribution < -0.4 is 10.2 Å². The Kier molecular flexibility index (Phi) is 5.37. The lowest BCUT2D eigenvalue weighted by atomic mass is 10.1. The van der Waals surface area contributed by atoms with Crippen molar-refractivity contribution >= 4 is 23.5 Å². The number of nitrogens with one attached hydrogen (secondary N) is 1. The highest BCUT2D eigenvalue weighted by Gasteiger charge is 2.02. The molecule has 1 aromatic heterocycles. The molecule has 1 N–H and O–H groups in total. The molecule has 1 heterocycles. The number of carbonyl (C=O) groups excluding carboxylic acids is 1. The Balaban J connectivity index is 1.48. The van der Waals surface area contributed by atoms with E-state index in [2.05, 4.69) is 22.7 Å². The molecule has 0 fully saturated rings. The maximum atomic E-state index is 11.7. The number of carbonyl (C=O) groups is 1. The smallest absolute Gasteiger partial charge is 0.277 e. The molecule has 0 bridgehead atoms. The first kappa shape index (κ1) is 16.0. The molecule has 3 rings (SSSR count). The zero-order chi connectivity index (χ0) is 16.6. The van der Waals surface area contributed by atoms with Crippen LogP contribution in [0.1, 0.15) is 4.88 Å². The standard InChI is InChI=1S/C19H16N2O2S/c22-19(21-20-13-18-7-4-12-24-18)14-23-17-10-8-16(9-11-17)15-5-2-1-3-6-15/h1-13H,14H2,(H,21,22). The summed E-state index contributed by atoms with van der Waals surface area (Å²) in [5.74, 6) is 0.349. The van der Waals surface area contributed by atoms with E-state index < -0.39 is 0 Å². The van der Waals surface area contributed by atoms with E-state index in [1.54, 1.807) is 17.6 Å². The lowest BCUT2D eigenvalue weighted by molar-refractivity contribution is -0.123. The Bertz CT molecular complexity index is 797. The Morgan fingerprint density at radius 1 is 1.00 bits per heavy atom. The van der Waals surface area contributed by atoms with Gasteiger partial charge in [-0.05, 0) is 34.7 Å². The molecule has 24 heavy (non-hydrogen) atoms. The number of benzene rings is 2. The molecule has 120 valence electrons. The molecule has 0 aliphatic rings. The van der Waals surface area contributed by atoms with Gasteiger partial charge in [0.15, 0.2) is 6.61 Å². The second-order valence-corrected chi connectivity index (χ2v) is 5.97. The topological polar surface area (TPSA) is 50.7 Å². The highest BCUT2D eigenvalue weighted by atomic mass is 32.1. The van der Waals surface area contributed by atoms with Gasteiger partial charge in [-0.15, -0.1) is 11.3 Å². The van der Waals surface area contributed by atoms with Gasteiger partial charge in [0.1, 0.15) is 5.75 Å². The molecule has 3 aromatic rings. The number of rotatable bonds is 6. The third-order valence-electron chi connectivity index (χ3n) is 3.26. The number of hydrogen-bond acceptors (Lipinski definition) is 4. The van der Waals surface area contributed by atoms with Crippen LogP contribution in [0.3, 0.4) is 0 Å². The van der Waals surface area contributed by atoms with E-state index in [1.165, 1.54) is 0 Å². The van der Waals surface area contributed by atoms with Gasteiger partial charge in [0, 0.05) is 4.88 Å². The summed E-state index contributed by atoms with van der Waals surface area (Å²) < 4.78 is 5.46. The van der Waals surface area contributed by atoms with Gasteiger partial charge in [-0.25, -0.2) is 5.43 Å². The van der Waals surface area contributed by atoms with Crippen LogP contribution in [0, 0.1) is 0 Å². The number of hydrazone groups is 1. The molecule has 0 atom stereocenters. The predicted molar refractivity (Wildman–Crippen MR) is 97.4 cm³/mol. The summed E-state index contributed by atoms with van der Waals surface area (Å²) in [4.78, 5) is 12.7. The molecule has 4 nitrogen and oxygen atoms in total. The largest absolute Gasteiger partial charge is 0.484 e. The number of hydrogen-bond donors (Lipinski definition) is 1. The van der Waals surface area contributed by atoms with Gasteiger partial charge in [-0.2, -0.15) is 5.10 Å². The molecule has 0 saturated carbocycles. The lowest BCUT2D eigenvalue weighted by Gasteiger charge is -2.06. The summed E-state index contributed by atoms with van der Waals surface area (Å²) in [6.45, 7) is -0.0769. The van der Waals surface area contributed by atoms with Crippen molar-refractivity contribution in [3.63, 3.8) is 0 Å². The van der Waals surface area contributed by atoms with Crippen molar-refractivity contribution in [1.29, 1.82) is 0 Å². The van der Waals surface area contributed by atoms with E-state index in [0.717, 1.165) is 16.0 Å². The van der Waals surface area contributed by atoms with Crippen molar-refractivity contribution in [1.82, 2.24) is 5.43 Å². The van der Waals surface area contributed by atoms with Crippen molar-refractivity contribution in [3.8, 4) is 16.9 Å². The zero-order valence-electron chi connectivity index (χ0n) is 12.9. The molecule has 0 aliphatic heterocycles. The maximum Gasteiger partial charge on any atom is 0.277 e. The van der Waals surface area contributed by atoms with Crippen LogP contribution in [0.15, 0.2) is 77.2 Å². The molecule has 0 radical (unpaired) electrons. The molecule has 0 saturated heterocycles. The van der Waals surface area contributed by atoms with Gasteiger partial charge < -0.3 is 4.74 Å². The molecule has 5 heteroatoms. The zero-order valence-corrected chi connectivity index (χ0v) is 13.7. The van der Waals surface area contributed by atoms with Gasteiger partial charge in [0.2, 0.25) is 0 Å². The Morgan fingerprint density at radius 2 is 1.75 bits per heavy atom. The summed E-state index contributed by atoms with van der Waals surface area (Å²) >= 11 is 1.55. The fourth-order valence-corrected chi connectivity index (χ4v) is 2.67. The second kappa shape index (κ2) is 8.08. The van der Waals surface area contributed by atoms with Crippen molar-refractivity contribution in [2.24, 2.45) is 5.10 Å². The first-order valence-corrected chi connectivity index (χ1v) is 8.33. The van der Waals surface area contributed by atoms with Gasteiger partial charge in [-0.1, -0.05) is 48.5 Å². The predicted octanol–water partition coefficient (Wildman–Crippen LogP) is 3.94. The van der Waals surface area contributed by atoms with Crippen LogP contribution >= 0.6 is 11.3 Å². The summed E-state index contributed by atoms with van der Waals surface area (Å²) in [7, 11) is 0. The van der Waals surface area contributed by atoms with Crippen LogP contribution in [0.5, 0.6) is 5.75 Å². The van der Waals surface area contributed by atoms with E-state index in [9.17, 15) is 4.79 Å². The number of thiophene rings is 1. The molecule has 0 unspecified atom stereocenters. The van der Waals surface area contributed by atoms with Crippen molar-refractivity contribution < 1.29 is 9.53 Å². The van der Waals surface area contributed by atoms with Crippen LogP contribution in [0.2, 0.25) is 0 Å². The lowest BCUT2D eigenvalue weighted by Crippen LogP contribution is -2.24. The summed E-state index contributed by atoms with van der Waals surface area (Å²) in [6.07, 6.45) is 1.61. The van der Waals surface area contributed by atoms with Crippen LogP contribution in [-0.2, 0) is 4.79 Å². The third-order valence-corrected chi connectivity index (χ3v) is 4.06. The average molecular weight is 336 g/mol. The van der Waals surface area contributed by atoms with E-state index in [-0.39, 0.29) is 12.5 Å². The fourth-order valence-electron chi connectivity index (χ4n) is 2.09. The fraction of sp³-hybridized carbons (Fsp3) is 0.0526. The van der Waals surface area contributed by atoms with Crippen molar-refractivity contribution in [3.05, 3.63) is 77.0 Å². The normalized spacial score (nSPS) is 10.7. The highest BCUT2D eigenvalue weighted by molar-refractivity contribution is 7.11. The Hall–Kier alpha value is -2.92. The molecule has 0 spiro atoms. The average Bonchev–Trinajstić information content (AvgIpc) is 3.15. The third kappa shape index (κ3) is 4.54. The van der Waals surface area contributed by atoms with E-state index in [0.29, 0.717) is 5.75 Å². The van der Waals surface area contributed by atoms with Gasteiger partial charge in [0.25, 0.3) is 5.91 Å². The first-order chi connectivity index (χ1) is 11.8. The van der Waals surface area contributed by atoms with E-state index in [4.69, 9.17) is 4.74 Å². The molecular formula is C19H16N2O2S. The van der Waals surface area contributed by atoms with Crippen molar-refractivity contribution in [2.45, 2.75) is 0 Å². The maximum absolute atomic E-state index is 11.7. The SMILES string of the molecule is O=C(COc1ccc(-c2ccccc2)cc1)NN=Cc1cccs1.